The lowest BCUT2D eigenvalue weighted by atomic mass is 10.2. The molecule has 0 aromatic heterocycles. The quantitative estimate of drug-likeness (QED) is 0.218. The molecule has 3 saturated heterocycles. The van der Waals surface area contributed by atoms with Gasteiger partial charge in [0, 0.05) is 65.4 Å². The van der Waals surface area contributed by atoms with E-state index in [1.165, 1.54) is 32.6 Å². The first kappa shape index (κ1) is 27.6. The average Bonchev–Trinajstić information content (AvgIpc) is 3.25. The maximum atomic E-state index is 12.7. The van der Waals surface area contributed by atoms with E-state index in [1.807, 2.05) is 4.90 Å². The van der Waals surface area contributed by atoms with E-state index >= 15 is 0 Å². The number of likely N-dealkylation sites (tertiary alicyclic amines) is 1. The fourth-order valence-corrected chi connectivity index (χ4v) is 4.91. The molecule has 1 unspecified atom stereocenters. The number of hydrogen-bond donors (Lipinski definition) is 1. The molecule has 1 atom stereocenters. The highest BCUT2D eigenvalue weighted by Crippen LogP contribution is 2.14. The van der Waals surface area contributed by atoms with E-state index in [1.54, 1.807) is 0 Å². The number of guanidine groups is 1. The van der Waals surface area contributed by atoms with Crippen molar-refractivity contribution in [3.05, 3.63) is 0 Å². The summed E-state index contributed by atoms with van der Waals surface area (Å²) in [4.78, 5) is 29.4. The van der Waals surface area contributed by atoms with Gasteiger partial charge in [-0.05, 0) is 66.2 Å². The van der Waals surface area contributed by atoms with E-state index in [0.717, 1.165) is 84.1 Å². The van der Waals surface area contributed by atoms with Crippen molar-refractivity contribution in [3.63, 3.8) is 0 Å². The van der Waals surface area contributed by atoms with Crippen LogP contribution in [0, 0.1) is 0 Å². The first-order valence-electron chi connectivity index (χ1n) is 12.6. The number of halogens is 1. The molecule has 0 bridgehead atoms. The summed E-state index contributed by atoms with van der Waals surface area (Å²) in [5.41, 5.74) is 0. The summed E-state index contributed by atoms with van der Waals surface area (Å²) >= 11 is 0. The monoisotopic (exact) mass is 563 g/mol. The molecular formula is C23H46IN7O. The number of hydrogen-bond acceptors (Lipinski definition) is 5. The molecule has 3 aliphatic rings. The van der Waals surface area contributed by atoms with E-state index in [9.17, 15) is 4.79 Å². The van der Waals surface area contributed by atoms with Crippen LogP contribution in [0.4, 0.5) is 0 Å². The summed E-state index contributed by atoms with van der Waals surface area (Å²) < 4.78 is 0. The van der Waals surface area contributed by atoms with Crippen molar-refractivity contribution in [2.45, 2.75) is 45.6 Å². The van der Waals surface area contributed by atoms with Crippen molar-refractivity contribution in [3.8, 4) is 0 Å². The summed E-state index contributed by atoms with van der Waals surface area (Å²) in [7, 11) is 2.22. The maximum Gasteiger partial charge on any atom is 0.239 e. The van der Waals surface area contributed by atoms with E-state index in [2.05, 4.69) is 45.8 Å². The Kier molecular flexibility index (Phi) is 12.6. The molecule has 0 aromatic carbocycles. The van der Waals surface area contributed by atoms with Gasteiger partial charge >= 0.3 is 0 Å². The predicted molar refractivity (Wildman–Crippen MR) is 143 cm³/mol. The van der Waals surface area contributed by atoms with Crippen molar-refractivity contribution in [1.29, 1.82) is 0 Å². The first-order chi connectivity index (χ1) is 15.1. The molecule has 0 aromatic rings. The minimum Gasteiger partial charge on any atom is -0.357 e. The lowest BCUT2D eigenvalue weighted by molar-refractivity contribution is -0.135. The van der Waals surface area contributed by atoms with E-state index in [0.29, 0.717) is 5.91 Å². The summed E-state index contributed by atoms with van der Waals surface area (Å²) in [6, 6.07) is -0.00700. The number of aliphatic imine (C=N–C) groups is 1. The largest absolute Gasteiger partial charge is 0.357 e. The number of amides is 1. The van der Waals surface area contributed by atoms with Crippen LogP contribution >= 0.6 is 24.0 Å². The Hall–Kier alpha value is -0.650. The number of likely N-dealkylation sites (N-methyl/N-ethyl adjacent to an activating group) is 1. The summed E-state index contributed by atoms with van der Waals surface area (Å²) in [6.07, 6.45) is 4.69. The zero-order valence-electron chi connectivity index (χ0n) is 20.6. The summed E-state index contributed by atoms with van der Waals surface area (Å²) in [6.45, 7) is 17.5. The van der Waals surface area contributed by atoms with Crippen LogP contribution in [0.25, 0.3) is 0 Å². The molecule has 3 heterocycles. The molecular weight excluding hydrogens is 517 g/mol. The first-order valence-corrected chi connectivity index (χ1v) is 12.6. The van der Waals surface area contributed by atoms with Crippen LogP contribution in [0.15, 0.2) is 4.99 Å². The predicted octanol–water partition coefficient (Wildman–Crippen LogP) is 1.23. The van der Waals surface area contributed by atoms with Crippen LogP contribution in [0.5, 0.6) is 0 Å². The molecule has 32 heavy (non-hydrogen) atoms. The maximum absolute atomic E-state index is 12.7. The van der Waals surface area contributed by atoms with Crippen molar-refractivity contribution in [2.24, 2.45) is 4.99 Å². The van der Waals surface area contributed by atoms with Crippen LogP contribution in [0.1, 0.15) is 39.5 Å². The van der Waals surface area contributed by atoms with Gasteiger partial charge in [0.1, 0.15) is 0 Å². The van der Waals surface area contributed by atoms with Gasteiger partial charge in [-0.3, -0.25) is 14.7 Å². The van der Waals surface area contributed by atoms with Gasteiger partial charge in [-0.15, -0.1) is 24.0 Å². The van der Waals surface area contributed by atoms with Gasteiger partial charge in [-0.2, -0.15) is 0 Å². The van der Waals surface area contributed by atoms with Crippen molar-refractivity contribution in [2.75, 3.05) is 92.1 Å². The van der Waals surface area contributed by atoms with Crippen LogP contribution < -0.4 is 5.32 Å². The second-order valence-corrected chi connectivity index (χ2v) is 9.32. The zero-order valence-corrected chi connectivity index (χ0v) is 22.9. The molecule has 0 radical (unpaired) electrons. The smallest absolute Gasteiger partial charge is 0.239 e. The summed E-state index contributed by atoms with van der Waals surface area (Å²) in [5, 5.41) is 3.48. The second kappa shape index (κ2) is 14.6. The molecule has 1 N–H and O–H groups in total. The highest BCUT2D eigenvalue weighted by atomic mass is 127. The van der Waals surface area contributed by atoms with Gasteiger partial charge in [-0.1, -0.05) is 0 Å². The third-order valence-electron chi connectivity index (χ3n) is 6.98. The van der Waals surface area contributed by atoms with Gasteiger partial charge in [0.05, 0.1) is 6.04 Å². The molecule has 186 valence electrons. The van der Waals surface area contributed by atoms with Crippen LogP contribution in [-0.2, 0) is 4.79 Å². The third kappa shape index (κ3) is 8.29. The number of piperazine rings is 1. The fraction of sp³-hybridized carbons (Fsp3) is 0.913. The van der Waals surface area contributed by atoms with Crippen LogP contribution in [-0.4, -0.2) is 135 Å². The van der Waals surface area contributed by atoms with Gasteiger partial charge in [0.2, 0.25) is 5.91 Å². The molecule has 8 nitrogen and oxygen atoms in total. The van der Waals surface area contributed by atoms with E-state index in [4.69, 9.17) is 4.99 Å². The molecule has 3 fully saturated rings. The highest BCUT2D eigenvalue weighted by molar-refractivity contribution is 14.0. The lowest BCUT2D eigenvalue weighted by Crippen LogP contribution is -2.57. The van der Waals surface area contributed by atoms with Gasteiger partial charge in [0.15, 0.2) is 5.96 Å². The number of rotatable bonds is 7. The summed E-state index contributed by atoms with van der Waals surface area (Å²) in [5.74, 6) is 1.35. The molecule has 3 rings (SSSR count). The highest BCUT2D eigenvalue weighted by Gasteiger charge is 2.30. The number of carbonyl (C=O) groups excluding carboxylic acids is 1. The molecule has 0 aliphatic carbocycles. The molecule has 1 amide bonds. The SMILES string of the molecule is CCNC(=NCCCN1CCCN(C)CC1)N1CCN(C(C)C(=O)N2CCCC2)CC1.I. The van der Waals surface area contributed by atoms with E-state index < -0.39 is 0 Å². The molecule has 0 saturated carbocycles. The topological polar surface area (TPSA) is 57.7 Å². The molecule has 9 heteroatoms. The Morgan fingerprint density at radius 1 is 0.906 bits per heavy atom. The third-order valence-corrected chi connectivity index (χ3v) is 6.98. The van der Waals surface area contributed by atoms with E-state index in [-0.39, 0.29) is 30.0 Å². The van der Waals surface area contributed by atoms with Crippen LogP contribution in [0.2, 0.25) is 0 Å². The Labute approximate surface area is 212 Å². The standard InChI is InChI=1S/C23H45N7O.HI/c1-4-24-23(25-9-7-11-27-12-8-10-26(3)15-16-27)30-19-17-28(18-20-30)21(2)22(31)29-13-5-6-14-29;/h21H,4-20H2,1-3H3,(H,24,25);1H. The Morgan fingerprint density at radius 2 is 1.62 bits per heavy atom. The van der Waals surface area contributed by atoms with Gasteiger partial charge in [-0.25, -0.2) is 0 Å². The zero-order chi connectivity index (χ0) is 22.1. The van der Waals surface area contributed by atoms with Gasteiger partial charge < -0.3 is 24.9 Å². The minimum atomic E-state index is -0.00700. The Morgan fingerprint density at radius 3 is 2.31 bits per heavy atom. The molecule has 3 aliphatic heterocycles. The van der Waals surface area contributed by atoms with Crippen LogP contribution in [0.3, 0.4) is 0 Å². The Bertz CT molecular complexity index is 577. The lowest BCUT2D eigenvalue weighted by Gasteiger charge is -2.39. The Balaban J connectivity index is 0.00000363. The second-order valence-electron chi connectivity index (χ2n) is 9.32. The number of carbonyl (C=O) groups is 1. The number of nitrogens with zero attached hydrogens (tertiary/aromatic N) is 6. The fourth-order valence-electron chi connectivity index (χ4n) is 4.91. The average molecular weight is 564 g/mol. The van der Waals surface area contributed by atoms with Crippen molar-refractivity contribution < 1.29 is 4.79 Å². The molecule has 0 spiro atoms. The number of nitrogens with one attached hydrogen (secondary N) is 1. The normalized spacial score (nSPS) is 23.0. The van der Waals surface area contributed by atoms with Crippen molar-refractivity contribution >= 4 is 35.8 Å². The van der Waals surface area contributed by atoms with Crippen molar-refractivity contribution in [1.82, 2.24) is 29.8 Å². The minimum absolute atomic E-state index is 0. The van der Waals surface area contributed by atoms with Gasteiger partial charge in [0.25, 0.3) is 0 Å².